The van der Waals surface area contributed by atoms with Crippen molar-refractivity contribution in [1.82, 2.24) is 9.97 Å². The number of hydrogen-bond donors (Lipinski definition) is 1. The van der Waals surface area contributed by atoms with Gasteiger partial charge in [0.25, 0.3) is 0 Å². The number of anilines is 3. The maximum Gasteiger partial charge on any atom is 0.307 e. The van der Waals surface area contributed by atoms with Crippen LogP contribution in [0.5, 0.6) is 5.75 Å². The minimum absolute atomic E-state index is 0.123. The van der Waals surface area contributed by atoms with Gasteiger partial charge in [0, 0.05) is 36.3 Å². The number of nitro benzene ring substituents is 1. The van der Waals surface area contributed by atoms with E-state index in [1.165, 1.54) is 17.6 Å². The third kappa shape index (κ3) is 3.46. The molecule has 0 radical (unpaired) electrons. The average Bonchev–Trinajstić information content (AvgIpc) is 3.17. The van der Waals surface area contributed by atoms with Crippen LogP contribution in [0.3, 0.4) is 0 Å². The minimum Gasteiger partial charge on any atom is -0.494 e. The highest BCUT2D eigenvalue weighted by Gasteiger charge is 2.21. The molecule has 0 bridgehead atoms. The van der Waals surface area contributed by atoms with E-state index < -0.39 is 16.4 Å². The second kappa shape index (κ2) is 7.39. The Hall–Kier alpha value is -3.27. The molecule has 0 unspecified atom stereocenters. The van der Waals surface area contributed by atoms with E-state index in [1.54, 1.807) is 17.5 Å². The fourth-order valence-electron chi connectivity index (χ4n) is 3.10. The Balaban J connectivity index is 1.61. The molecule has 0 fully saturated rings. The maximum atomic E-state index is 13.8. The van der Waals surface area contributed by atoms with Crippen LogP contribution in [0.25, 0.3) is 0 Å². The quantitative estimate of drug-likeness (QED) is 0.512. The van der Waals surface area contributed by atoms with Gasteiger partial charge in [-0.15, -0.1) is 11.3 Å². The van der Waals surface area contributed by atoms with Gasteiger partial charge in [0.05, 0.1) is 17.7 Å². The third-order valence-electron chi connectivity index (χ3n) is 4.48. The highest BCUT2D eigenvalue weighted by molar-refractivity contribution is 7.10. The van der Waals surface area contributed by atoms with Gasteiger partial charge in [-0.05, 0) is 29.5 Å². The smallest absolute Gasteiger partial charge is 0.307 e. The van der Waals surface area contributed by atoms with E-state index in [1.807, 2.05) is 6.07 Å². The number of ether oxygens (including phenoxy) is 1. The number of aromatic nitrogens is 2. The van der Waals surface area contributed by atoms with Crippen molar-refractivity contribution in [3.05, 3.63) is 62.2 Å². The zero-order valence-corrected chi connectivity index (χ0v) is 15.7. The molecular weight excluding hydrogens is 385 g/mol. The summed E-state index contributed by atoms with van der Waals surface area (Å²) in [5.41, 5.74) is 0.854. The molecule has 3 heterocycles. The van der Waals surface area contributed by atoms with Crippen LogP contribution in [-0.2, 0) is 13.0 Å². The lowest BCUT2D eigenvalue weighted by Crippen LogP contribution is -2.30. The lowest BCUT2D eigenvalue weighted by molar-refractivity contribution is -0.387. The molecule has 1 N–H and O–H groups in total. The fraction of sp³-hybridized carbons (Fsp3) is 0.222. The second-order valence-corrected chi connectivity index (χ2v) is 7.17. The Kier molecular flexibility index (Phi) is 4.78. The summed E-state index contributed by atoms with van der Waals surface area (Å²) in [6, 6.07) is 5.97. The predicted octanol–water partition coefficient (Wildman–Crippen LogP) is 3.90. The van der Waals surface area contributed by atoms with Crippen molar-refractivity contribution in [2.75, 3.05) is 23.9 Å². The van der Waals surface area contributed by atoms with Crippen molar-refractivity contribution >= 4 is 34.5 Å². The minimum atomic E-state index is -0.970. The van der Waals surface area contributed by atoms with Gasteiger partial charge in [-0.2, -0.15) is 9.37 Å². The van der Waals surface area contributed by atoms with E-state index >= 15 is 0 Å². The molecule has 1 aliphatic rings. The lowest BCUT2D eigenvalue weighted by Gasteiger charge is -2.28. The Labute approximate surface area is 163 Å². The maximum absolute atomic E-state index is 13.8. The molecule has 10 heteroatoms. The topological polar surface area (TPSA) is 93.4 Å². The number of benzene rings is 1. The molecule has 0 saturated carbocycles. The van der Waals surface area contributed by atoms with Gasteiger partial charge >= 0.3 is 5.69 Å². The first kappa shape index (κ1) is 18.1. The zero-order chi connectivity index (χ0) is 19.7. The van der Waals surface area contributed by atoms with Crippen molar-refractivity contribution in [3.8, 4) is 5.75 Å². The number of halogens is 1. The standard InChI is InChI=1S/C18H16FN5O3S/c1-27-15-8-12(19)14(24(25)26)9-13(15)21-18-20-5-2-17(22-18)23-6-3-16-11(10-23)4-7-28-16/h2,4-5,7-9H,3,6,10H2,1H3,(H,20,21,22). The first-order valence-corrected chi connectivity index (χ1v) is 9.35. The van der Waals surface area contributed by atoms with Crippen LogP contribution in [0.1, 0.15) is 10.4 Å². The first-order valence-electron chi connectivity index (χ1n) is 8.47. The Morgan fingerprint density at radius 1 is 1.39 bits per heavy atom. The van der Waals surface area contributed by atoms with Crippen molar-refractivity contribution in [3.63, 3.8) is 0 Å². The molecule has 1 aliphatic heterocycles. The lowest BCUT2D eigenvalue weighted by atomic mass is 10.1. The molecule has 0 aliphatic carbocycles. The number of hydrogen-bond acceptors (Lipinski definition) is 8. The van der Waals surface area contributed by atoms with Crippen LogP contribution in [0, 0.1) is 15.9 Å². The number of nitrogens with one attached hydrogen (secondary N) is 1. The van der Waals surface area contributed by atoms with E-state index in [4.69, 9.17) is 4.74 Å². The Bertz CT molecular complexity index is 1040. The van der Waals surface area contributed by atoms with Crippen molar-refractivity contribution in [1.29, 1.82) is 0 Å². The van der Waals surface area contributed by atoms with Crippen molar-refractivity contribution < 1.29 is 14.1 Å². The number of thiophene rings is 1. The molecule has 144 valence electrons. The summed E-state index contributed by atoms with van der Waals surface area (Å²) in [6.07, 6.45) is 2.57. The molecule has 8 nitrogen and oxygen atoms in total. The summed E-state index contributed by atoms with van der Waals surface area (Å²) in [5.74, 6) is 0.137. The second-order valence-electron chi connectivity index (χ2n) is 6.17. The van der Waals surface area contributed by atoms with Gasteiger partial charge in [-0.25, -0.2) is 4.98 Å². The van der Waals surface area contributed by atoms with Crippen LogP contribution in [0.4, 0.5) is 27.5 Å². The average molecular weight is 401 g/mol. The van der Waals surface area contributed by atoms with E-state index in [9.17, 15) is 14.5 Å². The summed E-state index contributed by atoms with van der Waals surface area (Å²) in [7, 11) is 1.36. The van der Waals surface area contributed by atoms with Crippen LogP contribution in [-0.4, -0.2) is 28.5 Å². The normalized spacial score (nSPS) is 13.1. The molecule has 0 atom stereocenters. The van der Waals surface area contributed by atoms with E-state index in [0.717, 1.165) is 37.5 Å². The summed E-state index contributed by atoms with van der Waals surface area (Å²) in [4.78, 5) is 22.5. The van der Waals surface area contributed by atoms with Crippen LogP contribution < -0.4 is 15.0 Å². The largest absolute Gasteiger partial charge is 0.494 e. The van der Waals surface area contributed by atoms with Crippen LogP contribution in [0.15, 0.2) is 35.8 Å². The number of nitrogens with zero attached hydrogens (tertiary/aromatic N) is 4. The SMILES string of the molecule is COc1cc(F)c([N+](=O)[O-])cc1Nc1nccc(N2CCc3sccc3C2)n1. The molecule has 3 aromatic rings. The first-order chi connectivity index (χ1) is 13.5. The molecule has 2 aromatic heterocycles. The Morgan fingerprint density at radius 3 is 3.04 bits per heavy atom. The summed E-state index contributed by atoms with van der Waals surface area (Å²) >= 11 is 1.77. The van der Waals surface area contributed by atoms with Crippen LogP contribution in [0.2, 0.25) is 0 Å². The number of nitro groups is 1. The van der Waals surface area contributed by atoms with Gasteiger partial charge in [-0.1, -0.05) is 0 Å². The molecule has 1 aromatic carbocycles. The predicted molar refractivity (Wildman–Crippen MR) is 104 cm³/mol. The zero-order valence-electron chi connectivity index (χ0n) is 14.9. The molecule has 0 amide bonds. The summed E-state index contributed by atoms with van der Waals surface area (Å²) < 4.78 is 18.9. The third-order valence-corrected chi connectivity index (χ3v) is 5.51. The van der Waals surface area contributed by atoms with Gasteiger partial charge < -0.3 is 15.0 Å². The number of methoxy groups -OCH3 is 1. The highest BCUT2D eigenvalue weighted by atomic mass is 32.1. The van der Waals surface area contributed by atoms with Gasteiger partial charge in [-0.3, -0.25) is 10.1 Å². The number of fused-ring (bicyclic) bond motifs is 1. The van der Waals surface area contributed by atoms with Crippen LogP contribution >= 0.6 is 11.3 Å². The monoisotopic (exact) mass is 401 g/mol. The van der Waals surface area contributed by atoms with Gasteiger partial charge in [0.1, 0.15) is 11.6 Å². The van der Waals surface area contributed by atoms with E-state index in [2.05, 4.69) is 31.6 Å². The molecule has 4 rings (SSSR count). The van der Waals surface area contributed by atoms with Gasteiger partial charge in [0.15, 0.2) is 0 Å². The molecule has 0 spiro atoms. The summed E-state index contributed by atoms with van der Waals surface area (Å²) in [6.45, 7) is 1.61. The number of rotatable bonds is 5. The van der Waals surface area contributed by atoms with Crippen molar-refractivity contribution in [2.24, 2.45) is 0 Å². The van der Waals surface area contributed by atoms with Crippen molar-refractivity contribution in [2.45, 2.75) is 13.0 Å². The molecular formula is C18H16FN5O3S. The van der Waals surface area contributed by atoms with E-state index in [0.29, 0.717) is 0 Å². The summed E-state index contributed by atoms with van der Waals surface area (Å²) in [5, 5.41) is 16.0. The fourth-order valence-corrected chi connectivity index (χ4v) is 3.99. The molecule has 0 saturated heterocycles. The Morgan fingerprint density at radius 2 is 2.25 bits per heavy atom. The van der Waals surface area contributed by atoms with Gasteiger partial charge in [0.2, 0.25) is 11.8 Å². The molecule has 28 heavy (non-hydrogen) atoms. The highest BCUT2D eigenvalue weighted by Crippen LogP contribution is 2.33. The van der Waals surface area contributed by atoms with E-state index in [-0.39, 0.29) is 17.4 Å².